The highest BCUT2D eigenvalue weighted by atomic mass is 16.5. The van der Waals surface area contributed by atoms with Gasteiger partial charge in [0.25, 0.3) is 0 Å². The Balaban J connectivity index is 1.46. The Labute approximate surface area is 135 Å². The molecule has 3 rings (SSSR count). The van der Waals surface area contributed by atoms with E-state index in [0.717, 1.165) is 45.4 Å². The molecule has 22 heavy (non-hydrogen) atoms. The second kappa shape index (κ2) is 6.48. The summed E-state index contributed by atoms with van der Waals surface area (Å²) in [6, 6.07) is 0.993. The lowest BCUT2D eigenvalue weighted by Crippen LogP contribution is -2.63. The van der Waals surface area contributed by atoms with E-state index in [0.29, 0.717) is 30.0 Å². The summed E-state index contributed by atoms with van der Waals surface area (Å²) < 4.78 is 5.81. The summed E-state index contributed by atoms with van der Waals surface area (Å²) in [5, 5.41) is 3.80. The third kappa shape index (κ3) is 3.05. The fourth-order valence-corrected chi connectivity index (χ4v) is 4.46. The highest BCUT2D eigenvalue weighted by molar-refractivity contribution is 5.79. The van der Waals surface area contributed by atoms with Gasteiger partial charge in [0, 0.05) is 43.1 Å². The number of nitrogens with zero attached hydrogens (tertiary/aromatic N) is 1. The molecule has 0 radical (unpaired) electrons. The van der Waals surface area contributed by atoms with Crippen molar-refractivity contribution in [3.05, 3.63) is 0 Å². The minimum Gasteiger partial charge on any atom is -0.378 e. The first kappa shape index (κ1) is 16.3. The van der Waals surface area contributed by atoms with Crippen LogP contribution in [0, 0.1) is 11.3 Å². The molecule has 3 fully saturated rings. The molecular weight excluding hydrogens is 276 g/mol. The summed E-state index contributed by atoms with van der Waals surface area (Å²) in [5.74, 6) is 0.739. The Morgan fingerprint density at radius 1 is 1.27 bits per heavy atom. The van der Waals surface area contributed by atoms with E-state index in [1.165, 1.54) is 12.8 Å². The number of likely N-dealkylation sites (tertiary alicyclic amines) is 1. The predicted molar refractivity (Wildman–Crippen MR) is 87.7 cm³/mol. The fourth-order valence-electron chi connectivity index (χ4n) is 4.46. The van der Waals surface area contributed by atoms with E-state index >= 15 is 0 Å². The van der Waals surface area contributed by atoms with E-state index in [4.69, 9.17) is 4.74 Å². The number of carbonyl (C=O) groups excluding carboxylic acids is 1. The van der Waals surface area contributed by atoms with Crippen LogP contribution in [0.15, 0.2) is 0 Å². The van der Waals surface area contributed by atoms with Crippen molar-refractivity contribution in [3.63, 3.8) is 0 Å². The van der Waals surface area contributed by atoms with Crippen LogP contribution in [0.1, 0.15) is 59.3 Å². The minimum atomic E-state index is 0.207. The Morgan fingerprint density at radius 2 is 2.00 bits per heavy atom. The van der Waals surface area contributed by atoms with Gasteiger partial charge in [-0.1, -0.05) is 26.7 Å². The van der Waals surface area contributed by atoms with Crippen LogP contribution >= 0.6 is 0 Å². The first-order chi connectivity index (χ1) is 10.5. The monoisotopic (exact) mass is 308 g/mol. The van der Waals surface area contributed by atoms with Gasteiger partial charge < -0.3 is 15.0 Å². The molecular formula is C18H32N2O2. The lowest BCUT2D eigenvalue weighted by molar-refractivity contribution is -0.134. The molecule has 0 aromatic rings. The van der Waals surface area contributed by atoms with Gasteiger partial charge in [0.1, 0.15) is 0 Å². The summed E-state index contributed by atoms with van der Waals surface area (Å²) >= 11 is 0. The van der Waals surface area contributed by atoms with Crippen molar-refractivity contribution < 1.29 is 9.53 Å². The molecule has 2 aliphatic carbocycles. The average Bonchev–Trinajstić information content (AvgIpc) is 3.17. The second-order valence-electron chi connectivity index (χ2n) is 7.97. The highest BCUT2D eigenvalue weighted by Crippen LogP contribution is 2.43. The summed E-state index contributed by atoms with van der Waals surface area (Å²) in [4.78, 5) is 14.6. The van der Waals surface area contributed by atoms with Crippen molar-refractivity contribution in [2.45, 2.75) is 77.5 Å². The van der Waals surface area contributed by atoms with Crippen LogP contribution in [0.3, 0.4) is 0 Å². The summed E-state index contributed by atoms with van der Waals surface area (Å²) in [7, 11) is 0. The Bertz CT molecular complexity index is 404. The van der Waals surface area contributed by atoms with Crippen LogP contribution in [0.2, 0.25) is 0 Å². The average molecular weight is 308 g/mol. The van der Waals surface area contributed by atoms with Crippen LogP contribution in [-0.2, 0) is 9.53 Å². The van der Waals surface area contributed by atoms with E-state index in [1.54, 1.807) is 0 Å². The number of nitrogens with one attached hydrogen (secondary N) is 1. The molecule has 126 valence electrons. The zero-order valence-corrected chi connectivity index (χ0v) is 14.4. The van der Waals surface area contributed by atoms with Gasteiger partial charge in [-0.15, -0.1) is 0 Å². The van der Waals surface area contributed by atoms with Crippen LogP contribution < -0.4 is 5.32 Å². The zero-order valence-electron chi connectivity index (χ0n) is 14.4. The van der Waals surface area contributed by atoms with E-state index in [-0.39, 0.29) is 5.41 Å². The standard InChI is InChI=1S/C18H32N2O2/c1-4-22-16-11-15(18(16,2)3)19-14-9-10-20(12-14)17(21)13-7-5-6-8-13/h13-16,19H,4-12H2,1-3H3/t14-,15+,16-/m1/s1. The molecule has 3 atom stereocenters. The van der Waals surface area contributed by atoms with Gasteiger partial charge in [-0.3, -0.25) is 4.79 Å². The number of carbonyl (C=O) groups is 1. The Hall–Kier alpha value is -0.610. The van der Waals surface area contributed by atoms with Crippen molar-refractivity contribution in [2.75, 3.05) is 19.7 Å². The largest absolute Gasteiger partial charge is 0.378 e. The van der Waals surface area contributed by atoms with Crippen LogP contribution in [0.4, 0.5) is 0 Å². The molecule has 0 aromatic heterocycles. The normalized spacial score (nSPS) is 34.9. The van der Waals surface area contributed by atoms with E-state index in [1.807, 2.05) is 0 Å². The Morgan fingerprint density at radius 3 is 2.64 bits per heavy atom. The maximum Gasteiger partial charge on any atom is 0.225 e. The number of amides is 1. The first-order valence-corrected chi connectivity index (χ1v) is 9.18. The third-order valence-electron chi connectivity index (χ3n) is 6.19. The molecule has 3 aliphatic rings. The molecule has 1 aliphatic heterocycles. The molecule has 2 saturated carbocycles. The molecule has 1 amide bonds. The number of hydrogen-bond donors (Lipinski definition) is 1. The van der Waals surface area contributed by atoms with Gasteiger partial charge in [0.2, 0.25) is 5.91 Å². The van der Waals surface area contributed by atoms with Crippen molar-refractivity contribution in [2.24, 2.45) is 11.3 Å². The molecule has 0 spiro atoms. The number of hydrogen-bond acceptors (Lipinski definition) is 3. The molecule has 1 N–H and O–H groups in total. The summed E-state index contributed by atoms with van der Waals surface area (Å²) in [5.41, 5.74) is 0.207. The van der Waals surface area contributed by atoms with E-state index < -0.39 is 0 Å². The van der Waals surface area contributed by atoms with Crippen molar-refractivity contribution in [1.82, 2.24) is 10.2 Å². The van der Waals surface area contributed by atoms with Gasteiger partial charge in [-0.25, -0.2) is 0 Å². The van der Waals surface area contributed by atoms with Gasteiger partial charge in [-0.05, 0) is 32.6 Å². The minimum absolute atomic E-state index is 0.207. The lowest BCUT2D eigenvalue weighted by atomic mass is 9.64. The summed E-state index contributed by atoms with van der Waals surface area (Å²) in [6.45, 7) is 9.31. The van der Waals surface area contributed by atoms with Crippen molar-refractivity contribution in [3.8, 4) is 0 Å². The van der Waals surface area contributed by atoms with E-state index in [2.05, 4.69) is 31.0 Å². The topological polar surface area (TPSA) is 41.6 Å². The van der Waals surface area contributed by atoms with Crippen LogP contribution in [0.5, 0.6) is 0 Å². The lowest BCUT2D eigenvalue weighted by Gasteiger charge is -2.52. The van der Waals surface area contributed by atoms with Gasteiger partial charge >= 0.3 is 0 Å². The van der Waals surface area contributed by atoms with Gasteiger partial charge in [-0.2, -0.15) is 0 Å². The van der Waals surface area contributed by atoms with Crippen molar-refractivity contribution >= 4 is 5.91 Å². The second-order valence-corrected chi connectivity index (χ2v) is 7.97. The Kier molecular flexibility index (Phi) is 4.79. The number of rotatable bonds is 5. The quantitative estimate of drug-likeness (QED) is 0.849. The number of ether oxygens (including phenoxy) is 1. The molecule has 0 aromatic carbocycles. The highest BCUT2D eigenvalue weighted by Gasteiger charge is 2.49. The van der Waals surface area contributed by atoms with Crippen LogP contribution in [0.25, 0.3) is 0 Å². The van der Waals surface area contributed by atoms with E-state index in [9.17, 15) is 4.79 Å². The zero-order chi connectivity index (χ0) is 15.7. The molecule has 1 saturated heterocycles. The SMILES string of the molecule is CCO[C@@H]1C[C@H](N[C@@H]2CCN(C(=O)C3CCCC3)C2)C1(C)C. The third-order valence-corrected chi connectivity index (χ3v) is 6.19. The molecule has 4 nitrogen and oxygen atoms in total. The first-order valence-electron chi connectivity index (χ1n) is 9.18. The molecule has 0 unspecified atom stereocenters. The maximum atomic E-state index is 12.5. The van der Waals surface area contributed by atoms with Crippen LogP contribution in [-0.4, -0.2) is 48.7 Å². The van der Waals surface area contributed by atoms with Gasteiger partial charge in [0.15, 0.2) is 0 Å². The van der Waals surface area contributed by atoms with Crippen molar-refractivity contribution in [1.29, 1.82) is 0 Å². The predicted octanol–water partition coefficient (Wildman–Crippen LogP) is 2.57. The molecule has 1 heterocycles. The molecule has 4 heteroatoms. The fraction of sp³-hybridized carbons (Fsp3) is 0.944. The van der Waals surface area contributed by atoms with Gasteiger partial charge in [0.05, 0.1) is 6.10 Å². The molecule has 0 bridgehead atoms. The maximum absolute atomic E-state index is 12.5. The summed E-state index contributed by atoms with van der Waals surface area (Å²) in [6.07, 6.45) is 7.28. The smallest absolute Gasteiger partial charge is 0.225 e.